The van der Waals surface area contributed by atoms with E-state index in [0.29, 0.717) is 13.0 Å². The number of hydrogen-bond acceptors (Lipinski definition) is 3. The van der Waals surface area contributed by atoms with Crippen LogP contribution in [0.5, 0.6) is 0 Å². The lowest BCUT2D eigenvalue weighted by molar-refractivity contribution is -0.144. The fourth-order valence-electron chi connectivity index (χ4n) is 2.47. The fourth-order valence-corrected chi connectivity index (χ4v) is 2.47. The van der Waals surface area contributed by atoms with Gasteiger partial charge in [0.2, 0.25) is 0 Å². The average molecular weight is 257 g/mol. The number of aliphatic hydroxyl groups excluding tert-OH is 1. The van der Waals surface area contributed by atoms with Gasteiger partial charge in [0.25, 0.3) is 5.91 Å². The van der Waals surface area contributed by atoms with Crippen LogP contribution in [0, 0.1) is 0 Å². The first kappa shape index (κ1) is 15.4. The maximum atomic E-state index is 12.3. The second-order valence-corrected chi connectivity index (χ2v) is 5.28. The minimum atomic E-state index is -0.355. The molecular formula is C14H27NO3. The predicted molar refractivity (Wildman–Crippen MR) is 71.4 cm³/mol. The van der Waals surface area contributed by atoms with Gasteiger partial charge >= 0.3 is 0 Å². The minimum absolute atomic E-state index is 0.0780. The van der Waals surface area contributed by atoms with Crippen LogP contribution in [0.2, 0.25) is 0 Å². The van der Waals surface area contributed by atoms with E-state index in [2.05, 4.69) is 6.92 Å². The number of aliphatic hydroxyl groups is 1. The molecule has 0 radical (unpaired) electrons. The molecule has 0 aromatic heterocycles. The van der Waals surface area contributed by atoms with Gasteiger partial charge in [0.15, 0.2) is 0 Å². The molecule has 106 valence electrons. The summed E-state index contributed by atoms with van der Waals surface area (Å²) in [6.45, 7) is 7.17. The number of likely N-dealkylation sites (tertiary alicyclic amines) is 1. The molecule has 3 unspecified atom stereocenters. The van der Waals surface area contributed by atoms with Crippen LogP contribution >= 0.6 is 0 Å². The first-order chi connectivity index (χ1) is 8.56. The number of carbonyl (C=O) groups is 1. The summed E-state index contributed by atoms with van der Waals surface area (Å²) in [7, 11) is 0. The molecule has 1 aliphatic rings. The van der Waals surface area contributed by atoms with Crippen LogP contribution in [0.1, 0.15) is 52.9 Å². The van der Waals surface area contributed by atoms with Gasteiger partial charge in [0, 0.05) is 19.2 Å². The maximum Gasteiger partial charge on any atom is 0.251 e. The van der Waals surface area contributed by atoms with Crippen molar-refractivity contribution in [2.45, 2.75) is 71.1 Å². The van der Waals surface area contributed by atoms with Gasteiger partial charge in [0.05, 0.1) is 6.10 Å². The number of unbranched alkanes of at least 4 members (excludes halogenated alkanes) is 1. The summed E-state index contributed by atoms with van der Waals surface area (Å²) in [6, 6.07) is 0.190. The molecule has 0 aromatic carbocycles. The third-order valence-electron chi connectivity index (χ3n) is 3.49. The molecule has 0 aliphatic carbocycles. The molecule has 3 atom stereocenters. The van der Waals surface area contributed by atoms with Crippen molar-refractivity contribution < 1.29 is 14.6 Å². The second-order valence-electron chi connectivity index (χ2n) is 5.28. The van der Waals surface area contributed by atoms with E-state index in [1.165, 1.54) is 0 Å². The molecule has 0 aromatic rings. The molecule has 1 fully saturated rings. The smallest absolute Gasteiger partial charge is 0.251 e. The highest BCUT2D eigenvalue weighted by molar-refractivity contribution is 5.81. The van der Waals surface area contributed by atoms with Crippen molar-refractivity contribution in [1.82, 2.24) is 4.90 Å². The van der Waals surface area contributed by atoms with Crippen molar-refractivity contribution in [2.24, 2.45) is 0 Å². The van der Waals surface area contributed by atoms with Crippen LogP contribution in [0.3, 0.4) is 0 Å². The highest BCUT2D eigenvalue weighted by Crippen LogP contribution is 2.22. The van der Waals surface area contributed by atoms with Crippen LogP contribution in [0.25, 0.3) is 0 Å². The molecule has 0 bridgehead atoms. The van der Waals surface area contributed by atoms with Crippen molar-refractivity contribution in [3.05, 3.63) is 0 Å². The number of ether oxygens (including phenoxy) is 1. The zero-order valence-electron chi connectivity index (χ0n) is 11.9. The Morgan fingerprint density at radius 3 is 2.83 bits per heavy atom. The number of hydrogen-bond donors (Lipinski definition) is 1. The Balaban J connectivity index is 2.43. The van der Waals surface area contributed by atoms with E-state index in [4.69, 9.17) is 4.74 Å². The zero-order valence-corrected chi connectivity index (χ0v) is 11.9. The van der Waals surface area contributed by atoms with E-state index < -0.39 is 0 Å². The third kappa shape index (κ3) is 4.58. The van der Waals surface area contributed by atoms with Crippen molar-refractivity contribution >= 4 is 5.91 Å². The van der Waals surface area contributed by atoms with Gasteiger partial charge in [-0.2, -0.15) is 0 Å². The summed E-state index contributed by atoms with van der Waals surface area (Å²) in [5, 5.41) is 9.46. The third-order valence-corrected chi connectivity index (χ3v) is 3.49. The van der Waals surface area contributed by atoms with Crippen molar-refractivity contribution in [3.8, 4) is 0 Å². The Morgan fingerprint density at radius 1 is 1.50 bits per heavy atom. The quantitative estimate of drug-likeness (QED) is 0.709. The Hall–Kier alpha value is -0.610. The van der Waals surface area contributed by atoms with Gasteiger partial charge in [-0.15, -0.1) is 0 Å². The molecule has 1 saturated heterocycles. The topological polar surface area (TPSA) is 49.8 Å². The Kier molecular flexibility index (Phi) is 6.65. The van der Waals surface area contributed by atoms with Crippen molar-refractivity contribution in [3.63, 3.8) is 0 Å². The number of amides is 1. The Bertz CT molecular complexity index is 255. The van der Waals surface area contributed by atoms with E-state index in [1.807, 2.05) is 11.8 Å². The van der Waals surface area contributed by atoms with Gasteiger partial charge in [-0.3, -0.25) is 4.79 Å². The maximum absolute atomic E-state index is 12.3. The molecule has 1 aliphatic heterocycles. The lowest BCUT2D eigenvalue weighted by Crippen LogP contribution is -2.43. The number of rotatable bonds is 7. The molecule has 0 saturated carbocycles. The standard InChI is InChI=1S/C14H27NO3/c1-4-5-9-18-12(3)14(17)15-8-6-7-13(15)10-11(2)16/h11-13,16H,4-10H2,1-3H3. The molecule has 1 heterocycles. The van der Waals surface area contributed by atoms with Gasteiger partial charge in [-0.1, -0.05) is 13.3 Å². The SMILES string of the molecule is CCCCOC(C)C(=O)N1CCCC1CC(C)O. The summed E-state index contributed by atoms with van der Waals surface area (Å²) in [5.41, 5.74) is 0. The summed E-state index contributed by atoms with van der Waals surface area (Å²) in [5.74, 6) is 0.0780. The second kappa shape index (κ2) is 7.74. The highest BCUT2D eigenvalue weighted by atomic mass is 16.5. The molecule has 4 heteroatoms. The summed E-state index contributed by atoms with van der Waals surface area (Å²) >= 11 is 0. The molecule has 18 heavy (non-hydrogen) atoms. The lowest BCUT2D eigenvalue weighted by Gasteiger charge is -2.28. The minimum Gasteiger partial charge on any atom is -0.393 e. The molecular weight excluding hydrogens is 230 g/mol. The monoisotopic (exact) mass is 257 g/mol. The first-order valence-electron chi connectivity index (χ1n) is 7.16. The zero-order chi connectivity index (χ0) is 13.5. The van der Waals surface area contributed by atoms with Crippen LogP contribution in [-0.4, -0.2) is 47.3 Å². The summed E-state index contributed by atoms with van der Waals surface area (Å²) in [4.78, 5) is 14.1. The van der Waals surface area contributed by atoms with Gasteiger partial charge in [0.1, 0.15) is 6.10 Å². The van der Waals surface area contributed by atoms with Crippen LogP contribution in [0.4, 0.5) is 0 Å². The first-order valence-corrected chi connectivity index (χ1v) is 7.16. The van der Waals surface area contributed by atoms with E-state index >= 15 is 0 Å². The van der Waals surface area contributed by atoms with Crippen LogP contribution < -0.4 is 0 Å². The van der Waals surface area contributed by atoms with E-state index in [0.717, 1.165) is 32.2 Å². The lowest BCUT2D eigenvalue weighted by atomic mass is 10.1. The number of nitrogens with zero attached hydrogens (tertiary/aromatic N) is 1. The average Bonchev–Trinajstić information content (AvgIpc) is 2.75. The van der Waals surface area contributed by atoms with Crippen LogP contribution in [-0.2, 0) is 9.53 Å². The Morgan fingerprint density at radius 2 is 2.22 bits per heavy atom. The van der Waals surface area contributed by atoms with Crippen LogP contribution in [0.15, 0.2) is 0 Å². The largest absolute Gasteiger partial charge is 0.393 e. The van der Waals surface area contributed by atoms with Gasteiger partial charge in [-0.25, -0.2) is 0 Å². The summed E-state index contributed by atoms with van der Waals surface area (Å²) in [6.07, 6.45) is 4.08. The van der Waals surface area contributed by atoms with Gasteiger partial charge in [-0.05, 0) is 39.5 Å². The van der Waals surface area contributed by atoms with Gasteiger partial charge < -0.3 is 14.7 Å². The van der Waals surface area contributed by atoms with E-state index in [9.17, 15) is 9.90 Å². The molecule has 1 N–H and O–H groups in total. The van der Waals surface area contributed by atoms with E-state index in [-0.39, 0.29) is 24.2 Å². The Labute approximate surface area is 110 Å². The van der Waals surface area contributed by atoms with Crippen molar-refractivity contribution in [1.29, 1.82) is 0 Å². The molecule has 1 amide bonds. The molecule has 4 nitrogen and oxygen atoms in total. The van der Waals surface area contributed by atoms with Crippen molar-refractivity contribution in [2.75, 3.05) is 13.2 Å². The molecule has 0 spiro atoms. The highest BCUT2D eigenvalue weighted by Gasteiger charge is 2.32. The number of carbonyl (C=O) groups excluding carboxylic acids is 1. The van der Waals surface area contributed by atoms with E-state index in [1.54, 1.807) is 6.92 Å². The normalized spacial score (nSPS) is 23.1. The summed E-state index contributed by atoms with van der Waals surface area (Å²) < 4.78 is 5.56. The fraction of sp³-hybridized carbons (Fsp3) is 0.929. The molecule has 1 rings (SSSR count). The predicted octanol–water partition coefficient (Wildman–Crippen LogP) is 1.95.